The number of halogens is 2. The molecule has 0 aromatic heterocycles. The average Bonchev–Trinajstić information content (AvgIpc) is 2.81. The standard InChI is InChI=1S/C12H14F2O2/c13-12(14)9-3-1-2-8(6-9)11(15)10-4-5-16-7-10/h1-3,6,10-12,15H,4-5,7H2. The molecule has 1 aromatic carbocycles. The van der Waals surface area contributed by atoms with Gasteiger partial charge in [-0.1, -0.05) is 18.2 Å². The minimum atomic E-state index is -2.49. The molecule has 0 saturated carbocycles. The zero-order valence-corrected chi connectivity index (χ0v) is 8.77. The van der Waals surface area contributed by atoms with E-state index in [4.69, 9.17) is 4.74 Å². The molecule has 0 amide bonds. The van der Waals surface area contributed by atoms with Crippen LogP contribution in [0, 0.1) is 5.92 Å². The van der Waals surface area contributed by atoms with Crippen LogP contribution in [0.15, 0.2) is 24.3 Å². The first-order valence-corrected chi connectivity index (χ1v) is 5.32. The molecule has 1 aromatic rings. The Balaban J connectivity index is 2.15. The molecule has 2 unspecified atom stereocenters. The van der Waals surface area contributed by atoms with Crippen molar-refractivity contribution < 1.29 is 18.6 Å². The summed E-state index contributed by atoms with van der Waals surface area (Å²) in [5, 5.41) is 10.0. The summed E-state index contributed by atoms with van der Waals surface area (Å²) in [4.78, 5) is 0. The fourth-order valence-corrected chi connectivity index (χ4v) is 1.95. The molecule has 1 aliphatic rings. The number of aliphatic hydroxyl groups excluding tert-OH is 1. The predicted molar refractivity (Wildman–Crippen MR) is 55.3 cm³/mol. The minimum Gasteiger partial charge on any atom is -0.388 e. The number of hydrogen-bond acceptors (Lipinski definition) is 2. The third-order valence-corrected chi connectivity index (χ3v) is 2.92. The van der Waals surface area contributed by atoms with E-state index in [2.05, 4.69) is 0 Å². The van der Waals surface area contributed by atoms with Gasteiger partial charge in [0.05, 0.1) is 12.7 Å². The van der Waals surface area contributed by atoms with E-state index in [9.17, 15) is 13.9 Å². The summed E-state index contributed by atoms with van der Waals surface area (Å²) in [5.41, 5.74) is 0.503. The van der Waals surface area contributed by atoms with E-state index < -0.39 is 12.5 Å². The number of rotatable bonds is 3. The van der Waals surface area contributed by atoms with Gasteiger partial charge in [-0.3, -0.25) is 0 Å². The van der Waals surface area contributed by atoms with Crippen molar-refractivity contribution in [2.75, 3.05) is 13.2 Å². The van der Waals surface area contributed by atoms with Crippen molar-refractivity contribution in [3.63, 3.8) is 0 Å². The van der Waals surface area contributed by atoms with Crippen LogP contribution in [0.5, 0.6) is 0 Å². The molecule has 1 fully saturated rings. The Bertz CT molecular complexity index is 349. The molecule has 0 spiro atoms. The first-order valence-electron chi connectivity index (χ1n) is 5.32. The highest BCUT2D eigenvalue weighted by Crippen LogP contribution is 2.30. The van der Waals surface area contributed by atoms with Gasteiger partial charge in [-0.25, -0.2) is 8.78 Å². The Morgan fingerprint density at radius 2 is 2.06 bits per heavy atom. The first kappa shape index (κ1) is 11.5. The second-order valence-corrected chi connectivity index (χ2v) is 4.04. The summed E-state index contributed by atoms with van der Waals surface area (Å²) in [5.74, 6) is 0.0212. The van der Waals surface area contributed by atoms with E-state index in [-0.39, 0.29) is 11.5 Å². The third kappa shape index (κ3) is 2.39. The number of hydrogen-bond donors (Lipinski definition) is 1. The van der Waals surface area contributed by atoms with Crippen LogP contribution in [0.2, 0.25) is 0 Å². The van der Waals surface area contributed by atoms with Crippen molar-refractivity contribution in [2.45, 2.75) is 19.0 Å². The SMILES string of the molecule is OC(c1cccc(C(F)F)c1)C1CCOC1. The molecule has 0 aliphatic carbocycles. The molecule has 1 N–H and O–H groups in total. The van der Waals surface area contributed by atoms with Crippen molar-refractivity contribution >= 4 is 0 Å². The Morgan fingerprint density at radius 1 is 1.31 bits per heavy atom. The summed E-state index contributed by atoms with van der Waals surface area (Å²) in [7, 11) is 0. The molecule has 2 atom stereocenters. The quantitative estimate of drug-likeness (QED) is 0.861. The highest BCUT2D eigenvalue weighted by Gasteiger charge is 2.25. The van der Waals surface area contributed by atoms with Crippen LogP contribution in [-0.2, 0) is 4.74 Å². The van der Waals surface area contributed by atoms with Gasteiger partial charge in [-0.15, -0.1) is 0 Å². The van der Waals surface area contributed by atoms with Crippen LogP contribution in [0.4, 0.5) is 8.78 Å². The van der Waals surface area contributed by atoms with E-state index in [1.165, 1.54) is 12.1 Å². The van der Waals surface area contributed by atoms with E-state index in [1.807, 2.05) is 0 Å². The topological polar surface area (TPSA) is 29.5 Å². The molecule has 1 heterocycles. The number of alkyl halides is 2. The lowest BCUT2D eigenvalue weighted by molar-refractivity contribution is 0.0912. The summed E-state index contributed by atoms with van der Waals surface area (Å²) in [6.07, 6.45) is -2.42. The maximum absolute atomic E-state index is 12.5. The van der Waals surface area contributed by atoms with Gasteiger partial charge >= 0.3 is 0 Å². The van der Waals surface area contributed by atoms with Gasteiger partial charge in [0.15, 0.2) is 0 Å². The van der Waals surface area contributed by atoms with Crippen LogP contribution in [0.3, 0.4) is 0 Å². The highest BCUT2D eigenvalue weighted by molar-refractivity contribution is 5.26. The Labute approximate surface area is 92.9 Å². The van der Waals surface area contributed by atoms with Crippen LogP contribution in [-0.4, -0.2) is 18.3 Å². The lowest BCUT2D eigenvalue weighted by Crippen LogP contribution is -2.12. The van der Waals surface area contributed by atoms with Crippen molar-refractivity contribution in [1.29, 1.82) is 0 Å². The van der Waals surface area contributed by atoms with Crippen LogP contribution in [0.25, 0.3) is 0 Å². The maximum atomic E-state index is 12.5. The maximum Gasteiger partial charge on any atom is 0.263 e. The lowest BCUT2D eigenvalue weighted by atomic mass is 9.94. The fourth-order valence-electron chi connectivity index (χ4n) is 1.95. The summed E-state index contributed by atoms with van der Waals surface area (Å²) in [6, 6.07) is 5.96. The third-order valence-electron chi connectivity index (χ3n) is 2.92. The normalized spacial score (nSPS) is 22.6. The van der Waals surface area contributed by atoms with E-state index >= 15 is 0 Å². The molecule has 1 aliphatic heterocycles. The Kier molecular flexibility index (Phi) is 3.51. The van der Waals surface area contributed by atoms with E-state index in [0.717, 1.165) is 6.42 Å². The first-order chi connectivity index (χ1) is 7.68. The fraction of sp³-hybridized carbons (Fsp3) is 0.500. The van der Waals surface area contributed by atoms with Gasteiger partial charge in [0.25, 0.3) is 6.43 Å². The molecule has 2 rings (SSSR count). The van der Waals surface area contributed by atoms with E-state index in [1.54, 1.807) is 12.1 Å². The van der Waals surface area contributed by atoms with Crippen molar-refractivity contribution in [1.82, 2.24) is 0 Å². The number of ether oxygens (including phenoxy) is 1. The van der Waals surface area contributed by atoms with Crippen molar-refractivity contribution in [2.24, 2.45) is 5.92 Å². The van der Waals surface area contributed by atoms with Gasteiger partial charge in [-0.05, 0) is 18.1 Å². The summed E-state index contributed by atoms with van der Waals surface area (Å²) >= 11 is 0. The van der Waals surface area contributed by atoms with Gasteiger partial charge in [-0.2, -0.15) is 0 Å². The molecular formula is C12H14F2O2. The van der Waals surface area contributed by atoms with Gasteiger partial charge < -0.3 is 9.84 Å². The molecule has 0 radical (unpaired) electrons. The van der Waals surface area contributed by atoms with Crippen LogP contribution >= 0.6 is 0 Å². The molecule has 16 heavy (non-hydrogen) atoms. The lowest BCUT2D eigenvalue weighted by Gasteiger charge is -2.17. The predicted octanol–water partition coefficient (Wildman–Crippen LogP) is 2.69. The van der Waals surface area contributed by atoms with Crippen LogP contribution in [0.1, 0.15) is 30.1 Å². The monoisotopic (exact) mass is 228 g/mol. The van der Waals surface area contributed by atoms with Crippen LogP contribution < -0.4 is 0 Å². The molecule has 0 bridgehead atoms. The summed E-state index contributed by atoms with van der Waals surface area (Å²) in [6.45, 7) is 1.14. The second kappa shape index (κ2) is 4.89. The highest BCUT2D eigenvalue weighted by atomic mass is 19.3. The van der Waals surface area contributed by atoms with Gasteiger partial charge in [0, 0.05) is 18.1 Å². The molecule has 1 saturated heterocycles. The largest absolute Gasteiger partial charge is 0.388 e. The van der Waals surface area contributed by atoms with Gasteiger partial charge in [0.1, 0.15) is 0 Å². The minimum absolute atomic E-state index is 0.0212. The molecule has 88 valence electrons. The molecule has 4 heteroatoms. The number of benzene rings is 1. The zero-order chi connectivity index (χ0) is 11.5. The van der Waals surface area contributed by atoms with Crippen molar-refractivity contribution in [3.05, 3.63) is 35.4 Å². The smallest absolute Gasteiger partial charge is 0.263 e. The number of aliphatic hydroxyl groups is 1. The van der Waals surface area contributed by atoms with Gasteiger partial charge in [0.2, 0.25) is 0 Å². The Hall–Kier alpha value is -1.00. The Morgan fingerprint density at radius 3 is 2.69 bits per heavy atom. The molecule has 2 nitrogen and oxygen atoms in total. The van der Waals surface area contributed by atoms with Crippen molar-refractivity contribution in [3.8, 4) is 0 Å². The summed E-state index contributed by atoms with van der Waals surface area (Å²) < 4.78 is 30.1. The average molecular weight is 228 g/mol. The van der Waals surface area contributed by atoms with E-state index in [0.29, 0.717) is 18.8 Å². The second-order valence-electron chi connectivity index (χ2n) is 4.04. The molecular weight excluding hydrogens is 214 g/mol. The zero-order valence-electron chi connectivity index (χ0n) is 8.77.